The maximum absolute atomic E-state index is 6.01. The fourth-order valence-corrected chi connectivity index (χ4v) is 3.68. The van der Waals surface area contributed by atoms with Crippen molar-refractivity contribution in [2.45, 2.75) is 58.1 Å². The Balaban J connectivity index is 1.90. The van der Waals surface area contributed by atoms with Crippen molar-refractivity contribution in [1.82, 2.24) is 5.32 Å². The Labute approximate surface area is 115 Å². The molecule has 2 unspecified atom stereocenters. The molecule has 1 saturated heterocycles. The van der Waals surface area contributed by atoms with Gasteiger partial charge >= 0.3 is 0 Å². The molecule has 0 saturated carbocycles. The average molecular weight is 270 g/mol. The summed E-state index contributed by atoms with van der Waals surface area (Å²) in [6.45, 7) is 8.60. The number of ether oxygens (including phenoxy) is 1. The fourth-order valence-electron chi connectivity index (χ4n) is 2.71. The van der Waals surface area contributed by atoms with Crippen molar-refractivity contribution in [1.29, 1.82) is 0 Å². The lowest BCUT2D eigenvalue weighted by atomic mass is 9.86. The van der Waals surface area contributed by atoms with E-state index in [0.717, 1.165) is 49.9 Å². The number of thioether (sulfide) groups is 1. The molecular weight excluding hydrogens is 244 g/mol. The van der Waals surface area contributed by atoms with Crippen LogP contribution >= 0.6 is 11.8 Å². The highest BCUT2D eigenvalue weighted by Crippen LogP contribution is 2.31. The fraction of sp³-hybridized carbons (Fsp3) is 0.929. The van der Waals surface area contributed by atoms with E-state index in [9.17, 15) is 0 Å². The minimum Gasteiger partial charge on any atom is -0.375 e. The van der Waals surface area contributed by atoms with Crippen molar-refractivity contribution in [3.05, 3.63) is 0 Å². The Morgan fingerprint density at radius 3 is 2.83 bits per heavy atom. The lowest BCUT2D eigenvalue weighted by molar-refractivity contribution is -0.0909. The van der Waals surface area contributed by atoms with Crippen LogP contribution in [-0.4, -0.2) is 35.7 Å². The molecule has 2 rings (SSSR count). The summed E-state index contributed by atoms with van der Waals surface area (Å²) in [4.78, 5) is 4.63. The van der Waals surface area contributed by atoms with Gasteiger partial charge in [0.25, 0.3) is 0 Å². The van der Waals surface area contributed by atoms with Crippen molar-refractivity contribution in [2.75, 3.05) is 18.9 Å². The van der Waals surface area contributed by atoms with Crippen LogP contribution in [0.15, 0.2) is 4.99 Å². The summed E-state index contributed by atoms with van der Waals surface area (Å²) in [5.74, 6) is 1.92. The van der Waals surface area contributed by atoms with Gasteiger partial charge in [0.1, 0.15) is 0 Å². The average Bonchev–Trinajstić information content (AvgIpc) is 2.41. The number of amidine groups is 1. The van der Waals surface area contributed by atoms with E-state index in [1.54, 1.807) is 0 Å². The van der Waals surface area contributed by atoms with Gasteiger partial charge in [0.05, 0.1) is 5.60 Å². The van der Waals surface area contributed by atoms with Gasteiger partial charge in [0.2, 0.25) is 0 Å². The van der Waals surface area contributed by atoms with Gasteiger partial charge in [-0.15, -0.1) is 0 Å². The Morgan fingerprint density at radius 1 is 1.44 bits per heavy atom. The van der Waals surface area contributed by atoms with Crippen LogP contribution in [0.4, 0.5) is 0 Å². The Morgan fingerprint density at radius 2 is 2.22 bits per heavy atom. The third-order valence-corrected chi connectivity index (χ3v) is 5.42. The van der Waals surface area contributed by atoms with Crippen LogP contribution in [0.3, 0.4) is 0 Å². The third kappa shape index (κ3) is 3.41. The summed E-state index contributed by atoms with van der Waals surface area (Å²) in [5.41, 5.74) is 0.100. The minimum absolute atomic E-state index is 0.100. The van der Waals surface area contributed by atoms with Crippen LogP contribution in [0.5, 0.6) is 0 Å². The molecule has 2 heterocycles. The summed E-state index contributed by atoms with van der Waals surface area (Å²) < 4.78 is 6.01. The molecule has 2 aliphatic rings. The zero-order chi connectivity index (χ0) is 13.0. The van der Waals surface area contributed by atoms with E-state index in [2.05, 4.69) is 31.1 Å². The van der Waals surface area contributed by atoms with E-state index in [0.29, 0.717) is 6.04 Å². The van der Waals surface area contributed by atoms with E-state index < -0.39 is 0 Å². The van der Waals surface area contributed by atoms with E-state index in [4.69, 9.17) is 4.74 Å². The summed E-state index contributed by atoms with van der Waals surface area (Å²) in [7, 11) is 0. The maximum Gasteiger partial charge on any atom is 0.156 e. The maximum atomic E-state index is 6.01. The number of hydrogen-bond acceptors (Lipinski definition) is 4. The first-order valence-corrected chi connectivity index (χ1v) is 8.23. The van der Waals surface area contributed by atoms with E-state index in [1.165, 1.54) is 5.75 Å². The van der Waals surface area contributed by atoms with Crippen molar-refractivity contribution in [2.24, 2.45) is 10.9 Å². The highest BCUT2D eigenvalue weighted by molar-refractivity contribution is 8.13. The number of hydrogen-bond donors (Lipinski definition) is 1. The molecule has 0 aromatic carbocycles. The monoisotopic (exact) mass is 270 g/mol. The summed E-state index contributed by atoms with van der Waals surface area (Å²) in [6, 6.07) is 0.540. The van der Waals surface area contributed by atoms with Crippen molar-refractivity contribution < 1.29 is 4.74 Å². The summed E-state index contributed by atoms with van der Waals surface area (Å²) >= 11 is 1.88. The van der Waals surface area contributed by atoms with Gasteiger partial charge in [-0.2, -0.15) is 0 Å². The topological polar surface area (TPSA) is 33.6 Å². The van der Waals surface area contributed by atoms with Crippen LogP contribution in [-0.2, 0) is 4.74 Å². The molecule has 0 bridgehead atoms. The zero-order valence-corrected chi connectivity index (χ0v) is 12.7. The van der Waals surface area contributed by atoms with Gasteiger partial charge < -0.3 is 10.1 Å². The standard InChI is InChI=1S/C14H26N2OS/c1-4-14(5-2)8-12(6-7-17-14)16-13-15-9-11(3)10-18-13/h11-12H,4-10H2,1-3H3,(H,15,16). The summed E-state index contributed by atoms with van der Waals surface area (Å²) in [5, 5.41) is 4.79. The quantitative estimate of drug-likeness (QED) is 0.856. The van der Waals surface area contributed by atoms with Crippen molar-refractivity contribution in [3.63, 3.8) is 0 Å². The molecule has 0 amide bonds. The van der Waals surface area contributed by atoms with Crippen LogP contribution in [0.2, 0.25) is 0 Å². The Bertz CT molecular complexity index is 302. The molecular formula is C14H26N2OS. The molecule has 4 heteroatoms. The van der Waals surface area contributed by atoms with Gasteiger partial charge in [0.15, 0.2) is 5.17 Å². The number of nitrogens with zero attached hydrogens (tertiary/aromatic N) is 1. The van der Waals surface area contributed by atoms with Gasteiger partial charge in [-0.3, -0.25) is 4.99 Å². The van der Waals surface area contributed by atoms with Crippen LogP contribution in [0, 0.1) is 5.92 Å². The molecule has 3 nitrogen and oxygen atoms in total. The van der Waals surface area contributed by atoms with Crippen LogP contribution in [0.1, 0.15) is 46.5 Å². The first-order valence-electron chi connectivity index (χ1n) is 7.25. The molecule has 2 atom stereocenters. The van der Waals surface area contributed by atoms with Gasteiger partial charge in [-0.05, 0) is 31.6 Å². The van der Waals surface area contributed by atoms with Gasteiger partial charge in [-0.25, -0.2) is 0 Å². The lowest BCUT2D eigenvalue weighted by Crippen LogP contribution is -2.48. The molecule has 0 aliphatic carbocycles. The second kappa shape index (κ2) is 6.29. The molecule has 1 N–H and O–H groups in total. The molecule has 0 spiro atoms. The van der Waals surface area contributed by atoms with E-state index in [1.807, 2.05) is 11.8 Å². The first-order chi connectivity index (χ1) is 8.67. The predicted octanol–water partition coefficient (Wildman–Crippen LogP) is 3.05. The lowest BCUT2D eigenvalue weighted by Gasteiger charge is -2.40. The van der Waals surface area contributed by atoms with Gasteiger partial charge in [0, 0.05) is 24.9 Å². The zero-order valence-electron chi connectivity index (χ0n) is 11.9. The molecule has 104 valence electrons. The number of nitrogens with one attached hydrogen (secondary N) is 1. The smallest absolute Gasteiger partial charge is 0.156 e. The normalized spacial score (nSPS) is 31.8. The number of rotatable bonds is 3. The third-order valence-electron chi connectivity index (χ3n) is 4.16. The van der Waals surface area contributed by atoms with Gasteiger partial charge in [-0.1, -0.05) is 32.5 Å². The molecule has 2 aliphatic heterocycles. The molecule has 0 aromatic rings. The van der Waals surface area contributed by atoms with Crippen molar-refractivity contribution >= 4 is 16.9 Å². The predicted molar refractivity (Wildman–Crippen MR) is 79.3 cm³/mol. The molecule has 1 fully saturated rings. The largest absolute Gasteiger partial charge is 0.375 e. The Kier molecular flexibility index (Phi) is 4.96. The molecule has 0 aromatic heterocycles. The number of aliphatic imine (C=N–C) groups is 1. The summed E-state index contributed by atoms with van der Waals surface area (Å²) in [6.07, 6.45) is 4.45. The van der Waals surface area contributed by atoms with Crippen LogP contribution < -0.4 is 5.32 Å². The van der Waals surface area contributed by atoms with E-state index in [-0.39, 0.29) is 5.60 Å². The second-order valence-electron chi connectivity index (χ2n) is 5.63. The van der Waals surface area contributed by atoms with Crippen molar-refractivity contribution in [3.8, 4) is 0 Å². The highest BCUT2D eigenvalue weighted by Gasteiger charge is 2.34. The second-order valence-corrected chi connectivity index (χ2v) is 6.64. The minimum atomic E-state index is 0.100. The molecule has 18 heavy (non-hydrogen) atoms. The SMILES string of the molecule is CCC1(CC)CC(NC2=NCC(C)CS2)CCO1. The van der Waals surface area contributed by atoms with Crippen LogP contribution in [0.25, 0.3) is 0 Å². The Hall–Kier alpha value is -0.220. The van der Waals surface area contributed by atoms with E-state index >= 15 is 0 Å². The highest BCUT2D eigenvalue weighted by atomic mass is 32.2. The molecule has 0 radical (unpaired) electrons. The first kappa shape index (κ1) is 14.2.